The zero-order chi connectivity index (χ0) is 21.6. The number of nitrogens with one attached hydrogen (secondary N) is 1. The van der Waals surface area contributed by atoms with Gasteiger partial charge in [-0.25, -0.2) is 17.2 Å². The molecule has 0 atom stereocenters. The third kappa shape index (κ3) is 4.15. The highest BCUT2D eigenvalue weighted by atomic mass is 32.2. The molecule has 0 amide bonds. The Morgan fingerprint density at radius 2 is 1.72 bits per heavy atom. The van der Waals surface area contributed by atoms with Crippen molar-refractivity contribution in [3.05, 3.63) is 47.8 Å². The maximum absolute atomic E-state index is 14.0. The van der Waals surface area contributed by atoms with Crippen molar-refractivity contribution in [2.45, 2.75) is 57.1 Å². The number of aromatic nitrogens is 1. The predicted molar refractivity (Wildman–Crippen MR) is 106 cm³/mol. The lowest BCUT2D eigenvalue weighted by Gasteiger charge is -2.32. The number of halogens is 2. The summed E-state index contributed by atoms with van der Waals surface area (Å²) in [7, 11) is -5.02. The van der Waals surface area contributed by atoms with E-state index in [1.807, 2.05) is 34.6 Å². The first kappa shape index (κ1) is 21.7. The van der Waals surface area contributed by atoms with Gasteiger partial charge in [0.15, 0.2) is 0 Å². The second kappa shape index (κ2) is 7.34. The zero-order valence-corrected chi connectivity index (χ0v) is 17.7. The van der Waals surface area contributed by atoms with E-state index in [1.54, 1.807) is 12.3 Å². The van der Waals surface area contributed by atoms with Crippen LogP contribution in [0.5, 0.6) is 0 Å². The van der Waals surface area contributed by atoms with Gasteiger partial charge in [0.1, 0.15) is 16.5 Å². The SMILES string of the molecule is CCc1ncc(B2OC(C)(C)C(C)(C)O2)cc1NS(=O)(=O)c1ccc(F)cc1F. The Kier molecular flexibility index (Phi) is 5.48. The molecule has 1 aliphatic heterocycles. The van der Waals surface area contributed by atoms with Crippen LogP contribution in [0.2, 0.25) is 0 Å². The minimum atomic E-state index is -4.29. The molecule has 2 heterocycles. The number of nitrogens with zero attached hydrogens (tertiary/aromatic N) is 1. The van der Waals surface area contributed by atoms with Gasteiger partial charge in [-0.2, -0.15) is 0 Å². The molecule has 1 N–H and O–H groups in total. The summed E-state index contributed by atoms with van der Waals surface area (Å²) in [6.07, 6.45) is 2.00. The summed E-state index contributed by atoms with van der Waals surface area (Å²) in [5, 5.41) is 0. The molecule has 1 saturated heterocycles. The van der Waals surface area contributed by atoms with Crippen LogP contribution in [0.25, 0.3) is 0 Å². The average Bonchev–Trinajstić information content (AvgIpc) is 2.81. The van der Waals surface area contributed by atoms with Crippen LogP contribution >= 0.6 is 0 Å². The van der Waals surface area contributed by atoms with E-state index in [-0.39, 0.29) is 5.69 Å². The van der Waals surface area contributed by atoms with E-state index in [2.05, 4.69) is 9.71 Å². The summed E-state index contributed by atoms with van der Waals surface area (Å²) in [5.74, 6) is -2.04. The van der Waals surface area contributed by atoms with Gasteiger partial charge in [-0.1, -0.05) is 6.92 Å². The van der Waals surface area contributed by atoms with Gasteiger partial charge < -0.3 is 9.31 Å². The highest BCUT2D eigenvalue weighted by Gasteiger charge is 2.52. The molecule has 3 rings (SSSR count). The lowest BCUT2D eigenvalue weighted by Crippen LogP contribution is -2.41. The lowest BCUT2D eigenvalue weighted by molar-refractivity contribution is 0.00578. The summed E-state index contributed by atoms with van der Waals surface area (Å²) in [4.78, 5) is 3.66. The fourth-order valence-corrected chi connectivity index (χ4v) is 4.02. The Labute approximate surface area is 169 Å². The van der Waals surface area contributed by atoms with Gasteiger partial charge >= 0.3 is 7.12 Å². The van der Waals surface area contributed by atoms with Crippen LogP contribution in [-0.4, -0.2) is 31.7 Å². The maximum Gasteiger partial charge on any atom is 0.496 e. The first-order valence-corrected chi connectivity index (χ1v) is 10.7. The Morgan fingerprint density at radius 1 is 1.10 bits per heavy atom. The molecule has 1 fully saturated rings. The molecule has 2 aromatic rings. The Balaban J connectivity index is 1.96. The average molecular weight is 424 g/mol. The second-order valence-electron chi connectivity index (χ2n) is 7.88. The van der Waals surface area contributed by atoms with Crippen molar-refractivity contribution in [3.63, 3.8) is 0 Å². The third-order valence-corrected chi connectivity index (χ3v) is 6.68. The monoisotopic (exact) mass is 424 g/mol. The summed E-state index contributed by atoms with van der Waals surface area (Å²) >= 11 is 0. The summed E-state index contributed by atoms with van der Waals surface area (Å²) < 4.78 is 66.8. The van der Waals surface area contributed by atoms with Crippen molar-refractivity contribution in [2.75, 3.05) is 4.72 Å². The van der Waals surface area contributed by atoms with Crippen molar-refractivity contribution in [1.29, 1.82) is 0 Å². The molecular weight excluding hydrogens is 401 g/mol. The fraction of sp³-hybridized carbons (Fsp3) is 0.421. The molecule has 10 heteroatoms. The third-order valence-electron chi connectivity index (χ3n) is 5.28. The molecule has 1 aromatic carbocycles. The van der Waals surface area contributed by atoms with Gasteiger partial charge in [-0.3, -0.25) is 9.71 Å². The summed E-state index contributed by atoms with van der Waals surface area (Å²) in [6, 6.07) is 3.85. The van der Waals surface area contributed by atoms with Crippen molar-refractivity contribution in [2.24, 2.45) is 0 Å². The van der Waals surface area contributed by atoms with Crippen LogP contribution in [0.3, 0.4) is 0 Å². The number of sulfonamides is 1. The van der Waals surface area contributed by atoms with Crippen molar-refractivity contribution in [1.82, 2.24) is 4.98 Å². The molecule has 0 bridgehead atoms. The van der Waals surface area contributed by atoms with Crippen molar-refractivity contribution < 1.29 is 26.5 Å². The largest absolute Gasteiger partial charge is 0.496 e. The maximum atomic E-state index is 14.0. The Bertz CT molecular complexity index is 1030. The minimum Gasteiger partial charge on any atom is -0.399 e. The van der Waals surface area contributed by atoms with Crippen LogP contribution < -0.4 is 10.2 Å². The van der Waals surface area contributed by atoms with Gasteiger partial charge in [0.2, 0.25) is 0 Å². The van der Waals surface area contributed by atoms with Gasteiger partial charge in [-0.15, -0.1) is 0 Å². The van der Waals surface area contributed by atoms with E-state index >= 15 is 0 Å². The molecule has 29 heavy (non-hydrogen) atoms. The van der Waals surface area contributed by atoms with E-state index in [0.717, 1.165) is 12.1 Å². The molecule has 0 radical (unpaired) electrons. The molecule has 156 valence electrons. The van der Waals surface area contributed by atoms with E-state index in [9.17, 15) is 17.2 Å². The summed E-state index contributed by atoms with van der Waals surface area (Å²) in [5.41, 5.74) is 0.0358. The van der Waals surface area contributed by atoms with Gasteiger partial charge in [0.25, 0.3) is 10.0 Å². The number of aryl methyl sites for hydroxylation is 1. The highest BCUT2D eigenvalue weighted by Crippen LogP contribution is 2.36. The number of pyridine rings is 1. The fourth-order valence-electron chi connectivity index (χ4n) is 2.88. The first-order valence-electron chi connectivity index (χ1n) is 9.18. The molecule has 1 aliphatic rings. The van der Waals surface area contributed by atoms with Crippen molar-refractivity contribution in [3.8, 4) is 0 Å². The molecule has 0 aliphatic carbocycles. The molecule has 1 aromatic heterocycles. The molecule has 6 nitrogen and oxygen atoms in total. The van der Waals surface area contributed by atoms with E-state index < -0.39 is 44.9 Å². The van der Waals surface area contributed by atoms with Gasteiger partial charge in [0, 0.05) is 17.7 Å². The highest BCUT2D eigenvalue weighted by molar-refractivity contribution is 7.92. The van der Waals surface area contributed by atoms with Crippen LogP contribution in [0, 0.1) is 11.6 Å². The Morgan fingerprint density at radius 3 is 2.28 bits per heavy atom. The molecular formula is C19H23BF2N2O4S. The van der Waals surface area contributed by atoms with Gasteiger partial charge in [0.05, 0.1) is 22.6 Å². The quantitative estimate of drug-likeness (QED) is 0.747. The zero-order valence-electron chi connectivity index (χ0n) is 16.9. The second-order valence-corrected chi connectivity index (χ2v) is 9.54. The topological polar surface area (TPSA) is 77.5 Å². The predicted octanol–water partition coefficient (Wildman–Crippen LogP) is 3.02. The number of hydrogen-bond acceptors (Lipinski definition) is 5. The molecule has 0 saturated carbocycles. The van der Waals surface area contributed by atoms with Gasteiger partial charge in [-0.05, 0) is 52.3 Å². The molecule has 0 spiro atoms. The smallest absolute Gasteiger partial charge is 0.399 e. The van der Waals surface area contributed by atoms with Crippen LogP contribution in [-0.2, 0) is 25.8 Å². The van der Waals surface area contributed by atoms with E-state index in [4.69, 9.17) is 9.31 Å². The first-order chi connectivity index (χ1) is 13.4. The molecule has 0 unspecified atom stereocenters. The minimum absolute atomic E-state index is 0.184. The van der Waals surface area contributed by atoms with Crippen LogP contribution in [0.15, 0.2) is 35.4 Å². The standard InChI is InChI=1S/C19H23BF2N2O4S/c1-6-15-16(24-29(25,26)17-8-7-13(21)10-14(17)22)9-12(11-23-15)20-27-18(2,3)19(4,5)28-20/h7-11,24H,6H2,1-5H3. The van der Waals surface area contributed by atoms with E-state index in [1.165, 1.54) is 0 Å². The number of benzene rings is 1. The van der Waals surface area contributed by atoms with Crippen molar-refractivity contribution >= 4 is 28.3 Å². The van der Waals surface area contributed by atoms with Crippen LogP contribution in [0.1, 0.15) is 40.3 Å². The van der Waals surface area contributed by atoms with Crippen LogP contribution in [0.4, 0.5) is 14.5 Å². The number of anilines is 1. The lowest BCUT2D eigenvalue weighted by atomic mass is 9.80. The number of hydrogen-bond donors (Lipinski definition) is 1. The van der Waals surface area contributed by atoms with E-state index in [0.29, 0.717) is 23.6 Å². The summed E-state index contributed by atoms with van der Waals surface area (Å²) in [6.45, 7) is 9.43. The normalized spacial score (nSPS) is 18.1. The number of rotatable bonds is 5. The Hall–Kier alpha value is -2.04.